The summed E-state index contributed by atoms with van der Waals surface area (Å²) in [7, 11) is -4.22. The van der Waals surface area contributed by atoms with Crippen molar-refractivity contribution in [2.45, 2.75) is 36.2 Å². The number of carbonyl (C=O) groups is 1. The maximum Gasteiger partial charge on any atom is 0.416 e. The number of nitrogens with zero attached hydrogens (tertiary/aromatic N) is 2. The molecule has 0 aliphatic heterocycles. The molecule has 1 fully saturated rings. The van der Waals surface area contributed by atoms with Gasteiger partial charge in [-0.25, -0.2) is 22.8 Å². The van der Waals surface area contributed by atoms with E-state index in [9.17, 15) is 30.8 Å². The zero-order valence-corrected chi connectivity index (χ0v) is 19.7. The van der Waals surface area contributed by atoms with Crippen LogP contribution in [0.25, 0.3) is 22.2 Å². The van der Waals surface area contributed by atoms with Crippen LogP contribution < -0.4 is 10.0 Å². The Morgan fingerprint density at radius 2 is 1.76 bits per heavy atom. The number of hydrogen-bond donors (Lipinski definition) is 2. The van der Waals surface area contributed by atoms with Gasteiger partial charge in [0, 0.05) is 17.0 Å². The Balaban J connectivity index is 1.26. The number of benzene rings is 2. The number of sulfonamides is 1. The molecule has 5 rings (SSSR count). The van der Waals surface area contributed by atoms with Crippen molar-refractivity contribution in [1.82, 2.24) is 20.0 Å². The van der Waals surface area contributed by atoms with E-state index in [1.807, 2.05) is 0 Å². The van der Waals surface area contributed by atoms with Gasteiger partial charge in [-0.3, -0.25) is 4.79 Å². The van der Waals surface area contributed by atoms with E-state index in [1.54, 1.807) is 0 Å². The minimum absolute atomic E-state index is 0.0671. The molecule has 0 atom stereocenters. The zero-order chi connectivity index (χ0) is 26.4. The Morgan fingerprint density at radius 3 is 2.43 bits per heavy atom. The Hall–Kier alpha value is -3.84. The third kappa shape index (κ3) is 5.18. The minimum Gasteiger partial charge on any atom is -0.443 e. The molecule has 8 nitrogen and oxygen atoms in total. The molecule has 0 bridgehead atoms. The molecular formula is C24H18F4N4O4S. The van der Waals surface area contributed by atoms with E-state index in [0.29, 0.717) is 17.0 Å². The smallest absolute Gasteiger partial charge is 0.416 e. The van der Waals surface area contributed by atoms with Crippen molar-refractivity contribution in [1.29, 1.82) is 0 Å². The van der Waals surface area contributed by atoms with E-state index in [0.717, 1.165) is 24.3 Å². The molecular weight excluding hydrogens is 516 g/mol. The van der Waals surface area contributed by atoms with Crippen molar-refractivity contribution in [3.05, 3.63) is 78.0 Å². The number of rotatable bonds is 7. The van der Waals surface area contributed by atoms with Crippen LogP contribution in [-0.2, 0) is 27.5 Å². The fourth-order valence-corrected chi connectivity index (χ4v) is 5.15. The number of halogens is 4. The van der Waals surface area contributed by atoms with Crippen LogP contribution in [0, 0.1) is 5.82 Å². The van der Waals surface area contributed by atoms with Crippen molar-refractivity contribution in [2.24, 2.45) is 0 Å². The largest absolute Gasteiger partial charge is 0.443 e. The van der Waals surface area contributed by atoms with E-state index in [2.05, 4.69) is 20.0 Å². The lowest BCUT2D eigenvalue weighted by Gasteiger charge is -2.16. The lowest BCUT2D eigenvalue weighted by Crippen LogP contribution is -2.48. The first-order chi connectivity index (χ1) is 17.5. The summed E-state index contributed by atoms with van der Waals surface area (Å²) in [5.74, 6) is -1.12. The van der Waals surface area contributed by atoms with Crippen molar-refractivity contribution in [3.63, 3.8) is 0 Å². The molecule has 2 aromatic heterocycles. The van der Waals surface area contributed by atoms with Gasteiger partial charge in [0.15, 0.2) is 0 Å². The number of carbonyl (C=O) groups excluding carboxylic acids is 1. The fourth-order valence-electron chi connectivity index (χ4n) is 3.75. The molecule has 13 heteroatoms. The molecule has 2 heterocycles. The van der Waals surface area contributed by atoms with Gasteiger partial charge in [0.2, 0.25) is 11.0 Å². The first-order valence-corrected chi connectivity index (χ1v) is 12.4. The van der Waals surface area contributed by atoms with Gasteiger partial charge < -0.3 is 9.73 Å². The highest BCUT2D eigenvalue weighted by Gasteiger charge is 2.53. The molecule has 192 valence electrons. The van der Waals surface area contributed by atoms with Gasteiger partial charge in [-0.2, -0.15) is 17.9 Å². The molecule has 2 aromatic carbocycles. The molecule has 0 spiro atoms. The van der Waals surface area contributed by atoms with Crippen LogP contribution in [0.2, 0.25) is 0 Å². The van der Waals surface area contributed by atoms with E-state index in [1.165, 1.54) is 36.7 Å². The van der Waals surface area contributed by atoms with Gasteiger partial charge in [0.25, 0.3) is 10.0 Å². The second-order valence-electron chi connectivity index (χ2n) is 8.59. The molecule has 37 heavy (non-hydrogen) atoms. The summed E-state index contributed by atoms with van der Waals surface area (Å²) in [6, 6.07) is 10.7. The van der Waals surface area contributed by atoms with Crippen molar-refractivity contribution >= 4 is 26.9 Å². The maximum absolute atomic E-state index is 13.4. The molecule has 0 unspecified atom stereocenters. The van der Waals surface area contributed by atoms with Crippen LogP contribution >= 0.6 is 0 Å². The topological polar surface area (TPSA) is 114 Å². The maximum atomic E-state index is 13.4. The number of amides is 1. The molecule has 0 radical (unpaired) electrons. The zero-order valence-electron chi connectivity index (χ0n) is 18.8. The third-order valence-corrected chi connectivity index (χ3v) is 7.29. The summed E-state index contributed by atoms with van der Waals surface area (Å²) in [6.45, 7) is -0.0671. The highest BCUT2D eigenvalue weighted by molar-refractivity contribution is 7.89. The summed E-state index contributed by atoms with van der Waals surface area (Å²) in [5, 5.41) is 2.46. The summed E-state index contributed by atoms with van der Waals surface area (Å²) in [4.78, 5) is 21.0. The van der Waals surface area contributed by atoms with Crippen molar-refractivity contribution in [2.75, 3.05) is 0 Å². The van der Waals surface area contributed by atoms with Crippen LogP contribution in [-0.4, -0.2) is 29.8 Å². The molecule has 1 saturated carbocycles. The molecule has 1 amide bonds. The number of alkyl halides is 3. The number of aromatic nitrogens is 2. The monoisotopic (exact) mass is 534 g/mol. The number of furan rings is 1. The lowest BCUT2D eigenvalue weighted by atomic mass is 10.1. The quantitative estimate of drug-likeness (QED) is 0.344. The van der Waals surface area contributed by atoms with Gasteiger partial charge in [0.05, 0.1) is 23.5 Å². The van der Waals surface area contributed by atoms with Crippen LogP contribution in [0.3, 0.4) is 0 Å². The van der Waals surface area contributed by atoms with Gasteiger partial charge in [-0.1, -0.05) is 12.1 Å². The van der Waals surface area contributed by atoms with Gasteiger partial charge in [-0.15, -0.1) is 0 Å². The number of hydrogen-bond acceptors (Lipinski definition) is 6. The predicted molar refractivity (Wildman–Crippen MR) is 123 cm³/mol. The first-order valence-electron chi connectivity index (χ1n) is 11.0. The van der Waals surface area contributed by atoms with E-state index in [-0.39, 0.29) is 30.4 Å². The SMILES string of the molecule is O=C(NCc1cc(-c2ccc(C(F)(F)F)cc2)ncn1)C1(NS(=O)(=O)c2cc3cc(F)ccc3o2)CC1. The van der Waals surface area contributed by atoms with Crippen LogP contribution in [0.15, 0.2) is 70.4 Å². The van der Waals surface area contributed by atoms with Crippen molar-refractivity contribution in [3.8, 4) is 11.3 Å². The third-order valence-electron chi connectivity index (χ3n) is 5.90. The Bertz CT molecular complexity index is 1600. The Labute approximate surface area is 207 Å². The second-order valence-corrected chi connectivity index (χ2v) is 10.2. The Morgan fingerprint density at radius 1 is 1.03 bits per heavy atom. The van der Waals surface area contributed by atoms with Crippen LogP contribution in [0.5, 0.6) is 0 Å². The molecule has 1 aliphatic rings. The summed E-state index contributed by atoms with van der Waals surface area (Å²) in [5.41, 5.74) is -0.812. The predicted octanol–water partition coefficient (Wildman–Crippen LogP) is 4.18. The van der Waals surface area contributed by atoms with Gasteiger partial charge in [0.1, 0.15) is 23.3 Å². The number of fused-ring (bicyclic) bond motifs is 1. The van der Waals surface area contributed by atoms with E-state index in [4.69, 9.17) is 4.42 Å². The van der Waals surface area contributed by atoms with E-state index < -0.39 is 44.1 Å². The highest BCUT2D eigenvalue weighted by atomic mass is 32.2. The summed E-state index contributed by atoms with van der Waals surface area (Å²) >= 11 is 0. The average molecular weight is 534 g/mol. The minimum atomic E-state index is -4.46. The van der Waals surface area contributed by atoms with Crippen molar-refractivity contribution < 1.29 is 35.2 Å². The molecule has 1 aliphatic carbocycles. The summed E-state index contributed by atoms with van der Waals surface area (Å²) in [6.07, 6.45) is -2.72. The van der Waals surface area contributed by atoms with Gasteiger partial charge in [-0.05, 0) is 49.2 Å². The molecule has 2 N–H and O–H groups in total. The highest BCUT2D eigenvalue weighted by Crippen LogP contribution is 2.38. The Kier molecular flexibility index (Phi) is 5.99. The van der Waals surface area contributed by atoms with Crippen LogP contribution in [0.4, 0.5) is 17.6 Å². The molecule has 4 aromatic rings. The summed E-state index contributed by atoms with van der Waals surface area (Å²) < 4.78 is 85.2. The lowest BCUT2D eigenvalue weighted by molar-refractivity contribution is -0.137. The first kappa shape index (κ1) is 24.8. The van der Waals surface area contributed by atoms with Gasteiger partial charge >= 0.3 is 6.18 Å². The standard InChI is InChI=1S/C24H18F4N4O4S/c25-17-5-6-20-15(9-17)10-21(36-20)37(34,35)32-23(7-8-23)22(33)29-12-18-11-19(31-13-30-18)14-1-3-16(4-2-14)24(26,27)28/h1-6,9-11,13,32H,7-8,12H2,(H,29,33). The molecule has 0 saturated heterocycles. The fraction of sp³-hybridized carbons (Fsp3) is 0.208. The number of nitrogens with one attached hydrogen (secondary N) is 2. The second kappa shape index (κ2) is 8.92. The van der Waals surface area contributed by atoms with Crippen LogP contribution in [0.1, 0.15) is 24.1 Å². The average Bonchev–Trinajstić information content (AvgIpc) is 3.49. The van der Waals surface area contributed by atoms with E-state index >= 15 is 0 Å². The normalized spacial score (nSPS) is 15.0.